The topological polar surface area (TPSA) is 56.4 Å². The van der Waals surface area contributed by atoms with Crippen molar-refractivity contribution in [2.24, 2.45) is 0 Å². The normalized spacial score (nSPS) is 25.3. The van der Waals surface area contributed by atoms with Gasteiger partial charge in [0.15, 0.2) is 0 Å². The Labute approximate surface area is 133 Å². The van der Waals surface area contributed by atoms with E-state index in [0.29, 0.717) is 12.6 Å². The molecule has 21 heavy (non-hydrogen) atoms. The van der Waals surface area contributed by atoms with Crippen molar-refractivity contribution in [2.45, 2.75) is 31.0 Å². The van der Waals surface area contributed by atoms with E-state index in [4.69, 9.17) is 0 Å². The van der Waals surface area contributed by atoms with E-state index in [0.717, 1.165) is 11.0 Å². The summed E-state index contributed by atoms with van der Waals surface area (Å²) in [6.45, 7) is 1.26. The number of nitrogens with one attached hydrogen (secondary N) is 3. The van der Waals surface area contributed by atoms with Gasteiger partial charge in [0.2, 0.25) is 5.91 Å². The highest BCUT2D eigenvalue weighted by molar-refractivity contribution is 9.10. The average molecular weight is 353 g/mol. The Morgan fingerprint density at radius 3 is 2.90 bits per heavy atom. The van der Waals surface area contributed by atoms with Crippen LogP contribution < -0.4 is 16.2 Å². The highest BCUT2D eigenvalue weighted by Gasteiger charge is 2.32. The number of rotatable bonds is 5. The lowest BCUT2D eigenvalue weighted by Gasteiger charge is -2.23. The van der Waals surface area contributed by atoms with Crippen LogP contribution in [0.15, 0.2) is 28.7 Å². The molecule has 1 aliphatic heterocycles. The number of carbonyl (C=O) groups is 1. The Kier molecular flexibility index (Phi) is 4.59. The van der Waals surface area contributed by atoms with Crippen molar-refractivity contribution >= 4 is 21.8 Å². The van der Waals surface area contributed by atoms with Crippen LogP contribution in [0.4, 0.5) is 0 Å². The van der Waals surface area contributed by atoms with Crippen molar-refractivity contribution in [1.82, 2.24) is 21.1 Å². The molecule has 0 spiro atoms. The number of amides is 1. The summed E-state index contributed by atoms with van der Waals surface area (Å²) in [4.78, 5) is 14.3. The molecule has 3 rings (SSSR count). The second-order valence-electron chi connectivity index (χ2n) is 5.84. The van der Waals surface area contributed by atoms with Gasteiger partial charge in [-0.2, -0.15) is 0 Å². The summed E-state index contributed by atoms with van der Waals surface area (Å²) in [6.07, 6.45) is 2.35. The van der Waals surface area contributed by atoms with E-state index in [1.165, 1.54) is 18.4 Å². The summed E-state index contributed by atoms with van der Waals surface area (Å²) in [6, 6.07) is 8.76. The van der Waals surface area contributed by atoms with Gasteiger partial charge in [-0.1, -0.05) is 34.1 Å². The van der Waals surface area contributed by atoms with Crippen molar-refractivity contribution in [2.75, 3.05) is 20.1 Å². The molecule has 1 aliphatic carbocycles. The molecule has 1 aromatic rings. The quantitative estimate of drug-likeness (QED) is 0.744. The third kappa shape index (κ3) is 3.63. The minimum atomic E-state index is -0.0798. The molecule has 0 radical (unpaired) electrons. The summed E-state index contributed by atoms with van der Waals surface area (Å²) in [5.41, 5.74) is 7.51. The second kappa shape index (κ2) is 6.44. The van der Waals surface area contributed by atoms with Gasteiger partial charge in [0, 0.05) is 23.0 Å². The number of benzene rings is 1. The second-order valence-corrected chi connectivity index (χ2v) is 6.70. The van der Waals surface area contributed by atoms with Crippen molar-refractivity contribution in [3.63, 3.8) is 0 Å². The van der Waals surface area contributed by atoms with E-state index in [-0.39, 0.29) is 18.0 Å². The zero-order valence-corrected chi connectivity index (χ0v) is 13.7. The highest BCUT2D eigenvalue weighted by atomic mass is 79.9. The van der Waals surface area contributed by atoms with Gasteiger partial charge < -0.3 is 5.32 Å². The van der Waals surface area contributed by atoms with Crippen molar-refractivity contribution in [1.29, 1.82) is 0 Å². The molecule has 0 bridgehead atoms. The maximum Gasteiger partial charge on any atom is 0.235 e. The molecule has 0 aromatic heterocycles. The molecule has 5 nitrogen and oxygen atoms in total. The van der Waals surface area contributed by atoms with E-state index < -0.39 is 0 Å². The van der Waals surface area contributed by atoms with Crippen LogP contribution in [0.25, 0.3) is 0 Å². The minimum Gasteiger partial charge on any atom is -0.338 e. The van der Waals surface area contributed by atoms with Crippen LogP contribution in [0.2, 0.25) is 0 Å². The fourth-order valence-corrected chi connectivity index (χ4v) is 3.37. The van der Waals surface area contributed by atoms with Crippen LogP contribution >= 0.6 is 15.9 Å². The SMILES string of the molecule is CN(CC(=O)NC1NNCC1c1ccccc1Br)C1CC1. The molecule has 2 unspecified atom stereocenters. The zero-order valence-electron chi connectivity index (χ0n) is 12.1. The minimum absolute atomic E-state index is 0.0719. The van der Waals surface area contributed by atoms with Gasteiger partial charge in [0.25, 0.3) is 0 Å². The summed E-state index contributed by atoms with van der Waals surface area (Å²) >= 11 is 3.59. The molecule has 1 aromatic carbocycles. The monoisotopic (exact) mass is 352 g/mol. The fraction of sp³-hybridized carbons (Fsp3) is 0.533. The van der Waals surface area contributed by atoms with Gasteiger partial charge in [0.05, 0.1) is 6.54 Å². The van der Waals surface area contributed by atoms with Crippen molar-refractivity contribution in [3.05, 3.63) is 34.3 Å². The third-order valence-electron chi connectivity index (χ3n) is 4.17. The number of halogens is 1. The van der Waals surface area contributed by atoms with Gasteiger partial charge in [-0.05, 0) is 31.5 Å². The molecule has 1 heterocycles. The van der Waals surface area contributed by atoms with E-state index in [1.54, 1.807) is 0 Å². The summed E-state index contributed by atoms with van der Waals surface area (Å²) in [5.74, 6) is 0.290. The average Bonchev–Trinajstić information content (AvgIpc) is 3.21. The first-order chi connectivity index (χ1) is 10.1. The largest absolute Gasteiger partial charge is 0.338 e. The summed E-state index contributed by atoms with van der Waals surface area (Å²) in [7, 11) is 2.02. The lowest BCUT2D eigenvalue weighted by Crippen LogP contribution is -2.49. The lowest BCUT2D eigenvalue weighted by atomic mass is 9.97. The third-order valence-corrected chi connectivity index (χ3v) is 4.89. The predicted molar refractivity (Wildman–Crippen MR) is 85.6 cm³/mol. The van der Waals surface area contributed by atoms with E-state index in [2.05, 4.69) is 43.1 Å². The smallest absolute Gasteiger partial charge is 0.235 e. The Bertz CT molecular complexity index is 520. The number of nitrogens with zero attached hydrogens (tertiary/aromatic N) is 1. The van der Waals surface area contributed by atoms with Gasteiger partial charge in [0.1, 0.15) is 6.17 Å². The van der Waals surface area contributed by atoms with Crippen molar-refractivity contribution < 1.29 is 4.79 Å². The van der Waals surface area contributed by atoms with E-state index in [9.17, 15) is 4.79 Å². The Morgan fingerprint density at radius 2 is 2.19 bits per heavy atom. The van der Waals surface area contributed by atoms with Crippen molar-refractivity contribution in [3.8, 4) is 0 Å². The molecule has 1 amide bonds. The molecule has 2 atom stereocenters. The molecule has 2 aliphatic rings. The van der Waals surface area contributed by atoms with Gasteiger partial charge in [-0.3, -0.25) is 15.1 Å². The maximum atomic E-state index is 12.2. The predicted octanol–water partition coefficient (Wildman–Crippen LogP) is 1.18. The number of carbonyl (C=O) groups excluding carboxylic acids is 1. The van der Waals surface area contributed by atoms with Crippen LogP contribution in [0.5, 0.6) is 0 Å². The fourth-order valence-electron chi connectivity index (χ4n) is 2.79. The number of hydrazine groups is 1. The van der Waals surface area contributed by atoms with Crippen LogP contribution in [0.1, 0.15) is 24.3 Å². The molecule has 6 heteroatoms. The Morgan fingerprint density at radius 1 is 1.43 bits per heavy atom. The molecule has 1 saturated heterocycles. The molecule has 114 valence electrons. The van der Waals surface area contributed by atoms with Gasteiger partial charge >= 0.3 is 0 Å². The zero-order chi connectivity index (χ0) is 14.8. The Balaban J connectivity index is 1.61. The van der Waals surface area contributed by atoms with E-state index in [1.807, 2.05) is 25.2 Å². The van der Waals surface area contributed by atoms with Gasteiger partial charge in [-0.25, -0.2) is 5.43 Å². The number of hydrogen-bond acceptors (Lipinski definition) is 4. The first-order valence-electron chi connectivity index (χ1n) is 7.37. The molecule has 2 fully saturated rings. The Hall–Kier alpha value is -0.950. The standard InChI is InChI=1S/C15H21BrN4O/c1-20(10-6-7-10)9-14(21)18-15-12(8-17-19-15)11-4-2-3-5-13(11)16/h2-5,10,12,15,17,19H,6-9H2,1H3,(H,18,21). The summed E-state index contributed by atoms with van der Waals surface area (Å²) in [5, 5.41) is 3.09. The highest BCUT2D eigenvalue weighted by Crippen LogP contribution is 2.28. The first kappa shape index (κ1) is 15.0. The lowest BCUT2D eigenvalue weighted by molar-refractivity contribution is -0.123. The number of hydrogen-bond donors (Lipinski definition) is 3. The van der Waals surface area contributed by atoms with E-state index >= 15 is 0 Å². The summed E-state index contributed by atoms with van der Waals surface area (Å²) < 4.78 is 1.08. The van der Waals surface area contributed by atoms with Gasteiger partial charge in [-0.15, -0.1) is 0 Å². The molecule has 3 N–H and O–H groups in total. The maximum absolute atomic E-state index is 12.2. The van der Waals surface area contributed by atoms with Crippen LogP contribution in [-0.2, 0) is 4.79 Å². The molecular formula is C15H21BrN4O. The molecular weight excluding hydrogens is 332 g/mol. The van der Waals surface area contributed by atoms with Crippen LogP contribution in [0.3, 0.4) is 0 Å². The van der Waals surface area contributed by atoms with Crippen LogP contribution in [-0.4, -0.2) is 43.2 Å². The molecule has 1 saturated carbocycles. The van der Waals surface area contributed by atoms with Crippen LogP contribution in [0, 0.1) is 0 Å². The number of likely N-dealkylation sites (N-methyl/N-ethyl adjacent to an activating group) is 1. The first-order valence-corrected chi connectivity index (χ1v) is 8.17.